The van der Waals surface area contributed by atoms with Crippen molar-refractivity contribution in [2.45, 2.75) is 32.7 Å². The Bertz CT molecular complexity index is 328. The third kappa shape index (κ3) is 2.99. The molecular formula is C11H18ClN3. The van der Waals surface area contributed by atoms with Crippen LogP contribution in [0.5, 0.6) is 0 Å². The number of halogens is 1. The van der Waals surface area contributed by atoms with Gasteiger partial charge in [-0.15, -0.1) is 0 Å². The van der Waals surface area contributed by atoms with Crippen molar-refractivity contribution < 1.29 is 0 Å². The Labute approximate surface area is 96.2 Å². The fourth-order valence-electron chi connectivity index (χ4n) is 1.56. The van der Waals surface area contributed by atoms with Crippen LogP contribution in [-0.2, 0) is 0 Å². The van der Waals surface area contributed by atoms with Crippen molar-refractivity contribution in [1.82, 2.24) is 4.98 Å². The molecule has 0 bridgehead atoms. The largest absolute Gasteiger partial charge is 0.396 e. The van der Waals surface area contributed by atoms with Gasteiger partial charge in [0.1, 0.15) is 0 Å². The maximum Gasteiger partial charge on any atom is 0.151 e. The van der Waals surface area contributed by atoms with Crippen molar-refractivity contribution in [2.75, 3.05) is 17.7 Å². The summed E-state index contributed by atoms with van der Waals surface area (Å²) < 4.78 is 0. The van der Waals surface area contributed by atoms with Crippen LogP contribution in [0.2, 0.25) is 5.02 Å². The molecule has 0 aromatic carbocycles. The minimum absolute atomic E-state index is 0.436. The summed E-state index contributed by atoms with van der Waals surface area (Å²) in [6.07, 6.45) is 3.90. The van der Waals surface area contributed by atoms with Crippen LogP contribution < -0.4 is 10.6 Å². The number of anilines is 2. The molecule has 1 atom stereocenters. The molecule has 2 N–H and O–H groups in total. The quantitative estimate of drug-likeness (QED) is 0.860. The second kappa shape index (κ2) is 5.21. The average molecular weight is 228 g/mol. The Kier molecular flexibility index (Phi) is 4.21. The Balaban J connectivity index is 2.86. The first-order valence-electron chi connectivity index (χ1n) is 5.20. The second-order valence-corrected chi connectivity index (χ2v) is 4.25. The monoisotopic (exact) mass is 227 g/mol. The summed E-state index contributed by atoms with van der Waals surface area (Å²) in [5.41, 5.74) is 6.50. The van der Waals surface area contributed by atoms with Crippen LogP contribution in [0.1, 0.15) is 26.7 Å². The molecule has 0 aliphatic carbocycles. The average Bonchev–Trinajstić information content (AvgIpc) is 2.17. The SMILES string of the molecule is CCCC(C)N(C)c1ncc(Cl)cc1N. The summed E-state index contributed by atoms with van der Waals surface area (Å²) in [6.45, 7) is 4.34. The molecule has 3 nitrogen and oxygen atoms in total. The molecule has 1 aromatic rings. The van der Waals surface area contributed by atoms with E-state index in [-0.39, 0.29) is 0 Å². The number of aromatic nitrogens is 1. The molecular weight excluding hydrogens is 210 g/mol. The highest BCUT2D eigenvalue weighted by Gasteiger charge is 2.13. The van der Waals surface area contributed by atoms with Crippen LogP contribution >= 0.6 is 11.6 Å². The minimum Gasteiger partial charge on any atom is -0.396 e. The number of nitrogen functional groups attached to an aromatic ring is 1. The predicted molar refractivity (Wildman–Crippen MR) is 66.4 cm³/mol. The zero-order chi connectivity index (χ0) is 11.4. The van der Waals surface area contributed by atoms with Gasteiger partial charge in [0.15, 0.2) is 5.82 Å². The van der Waals surface area contributed by atoms with Crippen molar-refractivity contribution >= 4 is 23.1 Å². The maximum absolute atomic E-state index is 5.87. The van der Waals surface area contributed by atoms with Gasteiger partial charge in [-0.25, -0.2) is 4.98 Å². The highest BCUT2D eigenvalue weighted by Crippen LogP contribution is 2.24. The van der Waals surface area contributed by atoms with Crippen molar-refractivity contribution in [3.8, 4) is 0 Å². The normalized spacial score (nSPS) is 12.5. The summed E-state index contributed by atoms with van der Waals surface area (Å²) in [5.74, 6) is 0.806. The first kappa shape index (κ1) is 12.1. The fourth-order valence-corrected chi connectivity index (χ4v) is 1.73. The van der Waals surface area contributed by atoms with Crippen molar-refractivity contribution in [3.63, 3.8) is 0 Å². The predicted octanol–water partition coefficient (Wildman–Crippen LogP) is 2.94. The van der Waals surface area contributed by atoms with E-state index in [0.29, 0.717) is 16.8 Å². The van der Waals surface area contributed by atoms with Gasteiger partial charge in [0.05, 0.1) is 10.7 Å². The van der Waals surface area contributed by atoms with E-state index in [9.17, 15) is 0 Å². The first-order chi connectivity index (χ1) is 7.06. The van der Waals surface area contributed by atoms with Crippen LogP contribution in [0.3, 0.4) is 0 Å². The highest BCUT2D eigenvalue weighted by atomic mass is 35.5. The van der Waals surface area contributed by atoms with Crippen molar-refractivity contribution in [3.05, 3.63) is 17.3 Å². The summed E-state index contributed by atoms with van der Waals surface area (Å²) in [4.78, 5) is 6.34. The number of rotatable bonds is 4. The van der Waals surface area contributed by atoms with Gasteiger partial charge >= 0.3 is 0 Å². The van der Waals surface area contributed by atoms with Crippen molar-refractivity contribution in [1.29, 1.82) is 0 Å². The Morgan fingerprint density at radius 3 is 2.80 bits per heavy atom. The van der Waals surface area contributed by atoms with E-state index in [1.807, 2.05) is 7.05 Å². The fraction of sp³-hybridized carbons (Fsp3) is 0.545. The lowest BCUT2D eigenvalue weighted by molar-refractivity contribution is 0.612. The van der Waals surface area contributed by atoms with E-state index in [1.54, 1.807) is 12.3 Å². The molecule has 0 spiro atoms. The molecule has 1 heterocycles. The minimum atomic E-state index is 0.436. The van der Waals surface area contributed by atoms with Crippen molar-refractivity contribution in [2.24, 2.45) is 0 Å². The van der Waals surface area contributed by atoms with Gasteiger partial charge in [-0.1, -0.05) is 24.9 Å². The van der Waals surface area contributed by atoms with Gasteiger partial charge in [-0.2, -0.15) is 0 Å². The van der Waals surface area contributed by atoms with E-state index >= 15 is 0 Å². The number of pyridine rings is 1. The Morgan fingerprint density at radius 1 is 1.60 bits per heavy atom. The molecule has 1 aromatic heterocycles. The van der Waals surface area contributed by atoms with E-state index in [2.05, 4.69) is 23.7 Å². The van der Waals surface area contributed by atoms with Gasteiger partial charge < -0.3 is 10.6 Å². The standard InChI is InChI=1S/C11H18ClN3/c1-4-5-8(2)15(3)11-10(13)6-9(12)7-14-11/h6-8H,4-5,13H2,1-3H3. The third-order valence-electron chi connectivity index (χ3n) is 2.56. The molecule has 0 amide bonds. The van der Waals surface area contributed by atoms with E-state index < -0.39 is 0 Å². The molecule has 1 rings (SSSR count). The summed E-state index contributed by atoms with van der Waals surface area (Å²) in [7, 11) is 2.01. The summed E-state index contributed by atoms with van der Waals surface area (Å²) >= 11 is 5.80. The van der Waals surface area contributed by atoms with Crippen LogP contribution in [0.25, 0.3) is 0 Å². The highest BCUT2D eigenvalue weighted by molar-refractivity contribution is 6.30. The van der Waals surface area contributed by atoms with Gasteiger partial charge in [0, 0.05) is 19.3 Å². The Morgan fingerprint density at radius 2 is 2.27 bits per heavy atom. The van der Waals surface area contributed by atoms with Gasteiger partial charge in [0.25, 0.3) is 0 Å². The zero-order valence-corrected chi connectivity index (χ0v) is 10.3. The topological polar surface area (TPSA) is 42.2 Å². The number of nitrogens with two attached hydrogens (primary N) is 1. The lowest BCUT2D eigenvalue weighted by Gasteiger charge is -2.26. The number of hydrogen-bond acceptors (Lipinski definition) is 3. The molecule has 0 fully saturated rings. The molecule has 1 unspecified atom stereocenters. The molecule has 84 valence electrons. The van der Waals surface area contributed by atoms with Crippen LogP contribution in [0.15, 0.2) is 12.3 Å². The molecule has 0 saturated heterocycles. The van der Waals surface area contributed by atoms with E-state index in [4.69, 9.17) is 17.3 Å². The molecule has 0 saturated carbocycles. The van der Waals surface area contributed by atoms with Crippen LogP contribution in [-0.4, -0.2) is 18.1 Å². The lowest BCUT2D eigenvalue weighted by Crippen LogP contribution is -2.30. The summed E-state index contributed by atoms with van der Waals surface area (Å²) in [5, 5.41) is 0.577. The lowest BCUT2D eigenvalue weighted by atomic mass is 10.1. The molecule has 15 heavy (non-hydrogen) atoms. The third-order valence-corrected chi connectivity index (χ3v) is 2.77. The van der Waals surface area contributed by atoms with Gasteiger partial charge in [0.2, 0.25) is 0 Å². The second-order valence-electron chi connectivity index (χ2n) is 3.81. The first-order valence-corrected chi connectivity index (χ1v) is 5.58. The van der Waals surface area contributed by atoms with E-state index in [1.165, 1.54) is 0 Å². The number of hydrogen-bond donors (Lipinski definition) is 1. The molecule has 0 radical (unpaired) electrons. The summed E-state index contributed by atoms with van der Waals surface area (Å²) in [6, 6.07) is 2.17. The maximum atomic E-state index is 5.87. The van der Waals surface area contributed by atoms with Crippen LogP contribution in [0.4, 0.5) is 11.5 Å². The molecule has 0 aliphatic heterocycles. The Hall–Kier alpha value is -0.960. The van der Waals surface area contributed by atoms with Gasteiger partial charge in [-0.05, 0) is 19.4 Å². The number of nitrogens with zero attached hydrogens (tertiary/aromatic N) is 2. The molecule has 4 heteroatoms. The molecule has 0 aliphatic rings. The smallest absolute Gasteiger partial charge is 0.151 e. The van der Waals surface area contributed by atoms with Gasteiger partial charge in [-0.3, -0.25) is 0 Å². The van der Waals surface area contributed by atoms with Crippen LogP contribution in [0, 0.1) is 0 Å². The van der Waals surface area contributed by atoms with E-state index in [0.717, 1.165) is 18.7 Å². The zero-order valence-electron chi connectivity index (χ0n) is 9.50.